The average molecular weight is 186 g/mol. The number of rotatable bonds is 1. The van der Waals surface area contributed by atoms with E-state index in [4.69, 9.17) is 9.47 Å². The molecule has 0 aromatic rings. The van der Waals surface area contributed by atoms with Gasteiger partial charge in [0, 0.05) is 26.2 Å². The molecule has 0 saturated carbocycles. The van der Waals surface area contributed by atoms with Crippen LogP contribution >= 0.6 is 0 Å². The summed E-state index contributed by atoms with van der Waals surface area (Å²) in [5.74, 6) is -0.249. The van der Waals surface area contributed by atoms with Crippen molar-refractivity contribution >= 4 is 5.97 Å². The Kier molecular flexibility index (Phi) is 2.26. The minimum atomic E-state index is -0.370. The predicted octanol–water partition coefficient (Wildman–Crippen LogP) is 0.230. The normalized spacial score (nSPS) is 43.2. The summed E-state index contributed by atoms with van der Waals surface area (Å²) in [4.78, 5) is 10.7. The van der Waals surface area contributed by atoms with Crippen molar-refractivity contribution < 1.29 is 19.4 Å². The fourth-order valence-electron chi connectivity index (χ4n) is 2.16. The van der Waals surface area contributed by atoms with Crippen molar-refractivity contribution in [2.45, 2.75) is 50.6 Å². The molecule has 4 heteroatoms. The van der Waals surface area contributed by atoms with Gasteiger partial charge in [-0.3, -0.25) is 4.79 Å². The van der Waals surface area contributed by atoms with E-state index in [-0.39, 0.29) is 30.4 Å². The molecule has 0 aliphatic carbocycles. The van der Waals surface area contributed by atoms with Gasteiger partial charge in [0.15, 0.2) is 0 Å². The van der Waals surface area contributed by atoms with E-state index in [1.165, 1.54) is 6.92 Å². The van der Waals surface area contributed by atoms with Crippen LogP contribution in [-0.4, -0.2) is 35.5 Å². The number of hydrogen-bond acceptors (Lipinski definition) is 4. The van der Waals surface area contributed by atoms with Crippen LogP contribution in [0.2, 0.25) is 0 Å². The van der Waals surface area contributed by atoms with Crippen LogP contribution in [0.5, 0.6) is 0 Å². The average Bonchev–Trinajstić information content (AvgIpc) is 2.25. The van der Waals surface area contributed by atoms with E-state index in [0.717, 1.165) is 6.42 Å². The first kappa shape index (κ1) is 8.97. The first-order valence-corrected chi connectivity index (χ1v) is 4.66. The summed E-state index contributed by atoms with van der Waals surface area (Å²) in [5, 5.41) is 9.49. The highest BCUT2D eigenvalue weighted by Crippen LogP contribution is 2.34. The van der Waals surface area contributed by atoms with Gasteiger partial charge in [-0.15, -0.1) is 0 Å². The first-order valence-electron chi connectivity index (χ1n) is 4.66. The lowest BCUT2D eigenvalue weighted by atomic mass is 10.1. The Morgan fingerprint density at radius 2 is 2.23 bits per heavy atom. The fraction of sp³-hybridized carbons (Fsp3) is 0.889. The number of carbonyl (C=O) groups excluding carboxylic acids is 1. The van der Waals surface area contributed by atoms with Crippen LogP contribution in [0.1, 0.15) is 26.2 Å². The van der Waals surface area contributed by atoms with Gasteiger partial charge in [0.25, 0.3) is 0 Å². The summed E-state index contributed by atoms with van der Waals surface area (Å²) < 4.78 is 10.6. The van der Waals surface area contributed by atoms with Crippen LogP contribution in [-0.2, 0) is 14.3 Å². The number of ether oxygens (including phenoxy) is 2. The quantitative estimate of drug-likeness (QED) is 0.595. The zero-order chi connectivity index (χ0) is 9.42. The van der Waals surface area contributed by atoms with E-state index in [1.807, 2.05) is 0 Å². The molecule has 74 valence electrons. The Morgan fingerprint density at radius 3 is 2.85 bits per heavy atom. The second kappa shape index (κ2) is 3.27. The molecule has 0 spiro atoms. The molecule has 2 bridgehead atoms. The highest BCUT2D eigenvalue weighted by molar-refractivity contribution is 5.66. The largest absolute Gasteiger partial charge is 0.462 e. The Labute approximate surface area is 76.8 Å². The Bertz CT molecular complexity index is 214. The van der Waals surface area contributed by atoms with Crippen molar-refractivity contribution in [1.29, 1.82) is 0 Å². The van der Waals surface area contributed by atoms with Crippen molar-refractivity contribution in [2.75, 3.05) is 0 Å². The van der Waals surface area contributed by atoms with Crippen LogP contribution in [0, 0.1) is 0 Å². The van der Waals surface area contributed by atoms with E-state index in [9.17, 15) is 9.90 Å². The molecule has 2 aliphatic rings. The molecule has 0 radical (unpaired) electrons. The molecule has 4 unspecified atom stereocenters. The van der Waals surface area contributed by atoms with Crippen LogP contribution < -0.4 is 0 Å². The topological polar surface area (TPSA) is 55.8 Å². The Balaban J connectivity index is 1.93. The highest BCUT2D eigenvalue weighted by atomic mass is 16.6. The summed E-state index contributed by atoms with van der Waals surface area (Å²) in [6.45, 7) is 1.41. The van der Waals surface area contributed by atoms with Gasteiger partial charge in [0.1, 0.15) is 6.10 Å². The Morgan fingerprint density at radius 1 is 1.46 bits per heavy atom. The standard InChI is InChI=1S/C9H14O4/c1-5(10)12-7-2-6-3-8(11)9(4-7)13-6/h6-9,11H,2-4H2,1H3. The van der Waals surface area contributed by atoms with Gasteiger partial charge in [0.05, 0.1) is 18.3 Å². The number of carbonyl (C=O) groups is 1. The predicted molar refractivity (Wildman–Crippen MR) is 44.1 cm³/mol. The molecule has 2 aliphatic heterocycles. The summed E-state index contributed by atoms with van der Waals surface area (Å²) in [6, 6.07) is 0. The Hall–Kier alpha value is -0.610. The van der Waals surface area contributed by atoms with Gasteiger partial charge >= 0.3 is 5.97 Å². The van der Waals surface area contributed by atoms with Crippen molar-refractivity contribution in [3.05, 3.63) is 0 Å². The first-order chi connectivity index (χ1) is 6.15. The van der Waals surface area contributed by atoms with Crippen molar-refractivity contribution in [3.63, 3.8) is 0 Å². The van der Waals surface area contributed by atoms with Gasteiger partial charge in [-0.2, -0.15) is 0 Å². The van der Waals surface area contributed by atoms with E-state index >= 15 is 0 Å². The molecule has 4 atom stereocenters. The fourth-order valence-corrected chi connectivity index (χ4v) is 2.16. The SMILES string of the molecule is CC(=O)OC1CC2CC(O)C(C1)O2. The maximum absolute atomic E-state index is 10.7. The van der Waals surface area contributed by atoms with Crippen LogP contribution in [0.25, 0.3) is 0 Å². The molecule has 2 heterocycles. The third-order valence-electron chi connectivity index (χ3n) is 2.65. The van der Waals surface area contributed by atoms with Crippen LogP contribution in [0.4, 0.5) is 0 Å². The number of hydrogen-bond donors (Lipinski definition) is 1. The minimum Gasteiger partial charge on any atom is -0.462 e. The molecule has 4 nitrogen and oxygen atoms in total. The van der Waals surface area contributed by atoms with Gasteiger partial charge in [-0.25, -0.2) is 0 Å². The minimum absolute atomic E-state index is 0.0570. The number of aliphatic hydroxyl groups excluding tert-OH is 1. The van der Waals surface area contributed by atoms with E-state index < -0.39 is 0 Å². The smallest absolute Gasteiger partial charge is 0.302 e. The van der Waals surface area contributed by atoms with Gasteiger partial charge in [-0.1, -0.05) is 0 Å². The lowest BCUT2D eigenvalue weighted by Crippen LogP contribution is -2.33. The molecule has 0 amide bonds. The molecule has 2 rings (SSSR count). The second-order valence-corrected chi connectivity index (χ2v) is 3.80. The second-order valence-electron chi connectivity index (χ2n) is 3.80. The zero-order valence-electron chi connectivity index (χ0n) is 7.60. The van der Waals surface area contributed by atoms with Gasteiger partial charge in [0.2, 0.25) is 0 Å². The summed E-state index contributed by atoms with van der Waals surface area (Å²) in [7, 11) is 0. The zero-order valence-corrected chi connectivity index (χ0v) is 7.60. The lowest BCUT2D eigenvalue weighted by molar-refractivity contribution is -0.155. The third kappa shape index (κ3) is 1.84. The number of aliphatic hydroxyl groups is 1. The van der Waals surface area contributed by atoms with Gasteiger partial charge in [-0.05, 0) is 0 Å². The van der Waals surface area contributed by atoms with Crippen molar-refractivity contribution in [2.24, 2.45) is 0 Å². The molecule has 0 aromatic carbocycles. The number of fused-ring (bicyclic) bond motifs is 2. The summed E-state index contributed by atoms with van der Waals surface area (Å²) in [5.41, 5.74) is 0. The highest BCUT2D eigenvalue weighted by Gasteiger charge is 2.42. The third-order valence-corrected chi connectivity index (χ3v) is 2.65. The lowest BCUT2D eigenvalue weighted by Gasteiger charge is -2.27. The monoisotopic (exact) mass is 186 g/mol. The van der Waals surface area contributed by atoms with E-state index in [0.29, 0.717) is 12.8 Å². The maximum Gasteiger partial charge on any atom is 0.302 e. The van der Waals surface area contributed by atoms with Gasteiger partial charge < -0.3 is 14.6 Å². The molecule has 2 saturated heterocycles. The molecule has 1 N–H and O–H groups in total. The van der Waals surface area contributed by atoms with Crippen LogP contribution in [0.3, 0.4) is 0 Å². The molecular weight excluding hydrogens is 172 g/mol. The molecule has 2 fully saturated rings. The summed E-state index contributed by atoms with van der Waals surface area (Å²) in [6.07, 6.45) is 1.58. The summed E-state index contributed by atoms with van der Waals surface area (Å²) >= 11 is 0. The van der Waals surface area contributed by atoms with Crippen molar-refractivity contribution in [1.82, 2.24) is 0 Å². The maximum atomic E-state index is 10.7. The molecular formula is C9H14O4. The van der Waals surface area contributed by atoms with E-state index in [2.05, 4.69) is 0 Å². The number of esters is 1. The van der Waals surface area contributed by atoms with Crippen molar-refractivity contribution in [3.8, 4) is 0 Å². The molecule has 13 heavy (non-hydrogen) atoms. The van der Waals surface area contributed by atoms with E-state index in [1.54, 1.807) is 0 Å². The molecule has 0 aromatic heterocycles. The van der Waals surface area contributed by atoms with Crippen LogP contribution in [0.15, 0.2) is 0 Å².